The van der Waals surface area contributed by atoms with E-state index < -0.39 is 6.04 Å². The van der Waals surface area contributed by atoms with Crippen LogP contribution in [0.15, 0.2) is 42.5 Å². The van der Waals surface area contributed by atoms with Crippen LogP contribution in [-0.2, 0) is 4.79 Å². The summed E-state index contributed by atoms with van der Waals surface area (Å²) in [4.78, 5) is 25.2. The fraction of sp³-hybridized carbons (Fsp3) is 0.464. The Morgan fingerprint density at radius 3 is 2.57 bits per heavy atom. The number of phenols is 1. The zero-order valence-electron chi connectivity index (χ0n) is 20.6. The first-order chi connectivity index (χ1) is 16.7. The Morgan fingerprint density at radius 1 is 1.09 bits per heavy atom. The van der Waals surface area contributed by atoms with E-state index in [9.17, 15) is 14.3 Å². The highest BCUT2D eigenvalue weighted by Gasteiger charge is 2.41. The number of amides is 1. The van der Waals surface area contributed by atoms with Crippen LogP contribution in [0, 0.1) is 17.7 Å². The fourth-order valence-corrected chi connectivity index (χ4v) is 5.65. The molecule has 3 aromatic rings. The molecular weight excluding hydrogens is 443 g/mol. The summed E-state index contributed by atoms with van der Waals surface area (Å²) in [5.41, 5.74) is 0.714. The lowest BCUT2D eigenvalue weighted by atomic mass is 9.72. The number of halogens is 1. The maximum Gasteiger partial charge on any atom is 0.243 e. The Labute approximate surface area is 205 Å². The number of nitrogens with zero attached hydrogens (tertiary/aromatic N) is 3. The highest BCUT2D eigenvalue weighted by molar-refractivity contribution is 5.94. The lowest BCUT2D eigenvalue weighted by Crippen LogP contribution is -2.58. The van der Waals surface area contributed by atoms with Gasteiger partial charge in [0.2, 0.25) is 5.91 Å². The highest BCUT2D eigenvalue weighted by Crippen LogP contribution is 2.42. The maximum atomic E-state index is 14.4. The van der Waals surface area contributed by atoms with Crippen molar-refractivity contribution in [2.24, 2.45) is 11.8 Å². The number of nitrogens with one attached hydrogen (secondary N) is 1. The number of aromatic nitrogens is 2. The minimum atomic E-state index is -0.410. The van der Waals surface area contributed by atoms with E-state index >= 15 is 0 Å². The molecule has 2 heterocycles. The summed E-state index contributed by atoms with van der Waals surface area (Å²) in [7, 11) is 0. The number of rotatable bonds is 3. The lowest BCUT2D eigenvalue weighted by molar-refractivity contribution is -0.125. The van der Waals surface area contributed by atoms with E-state index in [1.807, 2.05) is 26.8 Å². The normalized spacial score (nSPS) is 22.6. The predicted octanol–water partition coefficient (Wildman–Crippen LogP) is 5.44. The molecule has 35 heavy (non-hydrogen) atoms. The van der Waals surface area contributed by atoms with E-state index in [1.54, 1.807) is 24.3 Å². The second kappa shape index (κ2) is 9.10. The summed E-state index contributed by atoms with van der Waals surface area (Å²) >= 11 is 0. The van der Waals surface area contributed by atoms with E-state index in [4.69, 9.17) is 4.98 Å². The predicted molar refractivity (Wildman–Crippen MR) is 136 cm³/mol. The molecule has 1 saturated heterocycles. The molecule has 2 aromatic carbocycles. The minimum Gasteiger partial charge on any atom is -0.507 e. The lowest BCUT2D eigenvalue weighted by Gasteiger charge is -2.46. The van der Waals surface area contributed by atoms with Gasteiger partial charge in [-0.2, -0.15) is 0 Å². The molecule has 1 aromatic heterocycles. The van der Waals surface area contributed by atoms with Crippen LogP contribution < -0.4 is 10.2 Å². The van der Waals surface area contributed by atoms with Gasteiger partial charge in [0.05, 0.1) is 11.1 Å². The van der Waals surface area contributed by atoms with Crippen molar-refractivity contribution in [3.8, 4) is 17.1 Å². The quantitative estimate of drug-likeness (QED) is 0.526. The van der Waals surface area contributed by atoms with E-state index in [0.29, 0.717) is 46.5 Å². The topological polar surface area (TPSA) is 78.4 Å². The fourth-order valence-electron chi connectivity index (χ4n) is 5.65. The number of benzene rings is 2. The molecule has 1 amide bonds. The number of anilines is 1. The van der Waals surface area contributed by atoms with Crippen LogP contribution in [0.3, 0.4) is 0 Å². The molecule has 7 heteroatoms. The third kappa shape index (κ3) is 4.81. The first-order valence-electron chi connectivity index (χ1n) is 12.5. The van der Waals surface area contributed by atoms with Crippen molar-refractivity contribution in [1.82, 2.24) is 15.3 Å². The van der Waals surface area contributed by atoms with Crippen molar-refractivity contribution >= 4 is 22.6 Å². The summed E-state index contributed by atoms with van der Waals surface area (Å²) in [6.07, 6.45) is 5.40. The van der Waals surface area contributed by atoms with Gasteiger partial charge in [-0.1, -0.05) is 31.4 Å². The van der Waals surface area contributed by atoms with Crippen LogP contribution in [0.4, 0.5) is 10.2 Å². The second-order valence-electron chi connectivity index (χ2n) is 11.0. The first-order valence-corrected chi connectivity index (χ1v) is 12.5. The van der Waals surface area contributed by atoms with Gasteiger partial charge in [0.25, 0.3) is 0 Å². The number of piperidine rings is 1. The summed E-state index contributed by atoms with van der Waals surface area (Å²) in [5, 5.41) is 14.2. The molecule has 6 nitrogen and oxygen atoms in total. The third-order valence-electron chi connectivity index (χ3n) is 7.26. The molecular formula is C28H33FN4O2. The molecule has 2 N–H and O–H groups in total. The van der Waals surface area contributed by atoms with Crippen LogP contribution in [0.2, 0.25) is 0 Å². The van der Waals surface area contributed by atoms with Crippen LogP contribution in [0.5, 0.6) is 5.75 Å². The number of aromatic hydroxyl groups is 1. The number of para-hydroxylation sites is 1. The number of fused-ring (bicyclic) bond motifs is 2. The van der Waals surface area contributed by atoms with Crippen molar-refractivity contribution in [2.75, 3.05) is 11.4 Å². The summed E-state index contributed by atoms with van der Waals surface area (Å²) in [6.45, 7) is 6.63. The SMILES string of the molecule is CC(C)(C)NC(=O)[C@@H]1C[C@@H]2CCCC[C@H]2CN1c1nc(-c2ccccc2O)nc2ccc(F)cc12. The Hall–Kier alpha value is -3.22. The van der Waals surface area contributed by atoms with Gasteiger partial charge in [-0.3, -0.25) is 4.79 Å². The molecule has 1 aliphatic heterocycles. The molecule has 0 unspecified atom stereocenters. The maximum absolute atomic E-state index is 14.4. The zero-order valence-corrected chi connectivity index (χ0v) is 20.6. The summed E-state index contributed by atoms with van der Waals surface area (Å²) < 4.78 is 14.4. The van der Waals surface area contributed by atoms with Gasteiger partial charge in [-0.05, 0) is 75.8 Å². The first kappa shape index (κ1) is 23.5. The monoisotopic (exact) mass is 476 g/mol. The van der Waals surface area contributed by atoms with Gasteiger partial charge in [0.15, 0.2) is 5.82 Å². The Balaban J connectivity index is 1.66. The largest absolute Gasteiger partial charge is 0.507 e. The van der Waals surface area contributed by atoms with Gasteiger partial charge < -0.3 is 15.3 Å². The van der Waals surface area contributed by atoms with Crippen molar-refractivity contribution in [3.05, 3.63) is 48.3 Å². The van der Waals surface area contributed by atoms with Crippen molar-refractivity contribution in [2.45, 2.75) is 64.5 Å². The molecule has 5 rings (SSSR count). The standard InChI is InChI=1S/C28H33FN4O2/c1-28(2,3)32-27(35)23-14-17-8-4-5-9-18(17)16-33(23)26-21-15-19(29)12-13-22(21)30-25(31-26)20-10-6-7-11-24(20)34/h6-7,10-13,15,17-18,23,34H,4-5,8-9,14,16H2,1-3H3,(H,32,35)/t17-,18-,23-/m0/s1. The third-order valence-corrected chi connectivity index (χ3v) is 7.26. The van der Waals surface area contributed by atoms with Gasteiger partial charge in [0, 0.05) is 17.5 Å². The van der Waals surface area contributed by atoms with E-state index in [0.717, 1.165) is 19.3 Å². The highest BCUT2D eigenvalue weighted by atomic mass is 19.1. The van der Waals surface area contributed by atoms with Crippen molar-refractivity contribution in [1.29, 1.82) is 0 Å². The zero-order chi connectivity index (χ0) is 24.7. The molecule has 3 atom stereocenters. The van der Waals surface area contributed by atoms with Gasteiger partial charge in [-0.25, -0.2) is 14.4 Å². The number of hydrogen-bond acceptors (Lipinski definition) is 5. The Bertz CT molecular complexity index is 1260. The van der Waals surface area contributed by atoms with Crippen LogP contribution in [0.25, 0.3) is 22.3 Å². The molecule has 0 radical (unpaired) electrons. The average Bonchev–Trinajstić information content (AvgIpc) is 2.82. The molecule has 2 aliphatic rings. The van der Waals surface area contributed by atoms with Crippen molar-refractivity contribution in [3.63, 3.8) is 0 Å². The molecule has 0 spiro atoms. The van der Waals surface area contributed by atoms with Gasteiger partial charge >= 0.3 is 0 Å². The number of phenolic OH excluding ortho intramolecular Hbond substituents is 1. The van der Waals surface area contributed by atoms with Crippen LogP contribution in [0.1, 0.15) is 52.9 Å². The summed E-state index contributed by atoms with van der Waals surface area (Å²) in [5.74, 6) is 1.54. The Kier molecular flexibility index (Phi) is 6.11. The van der Waals surface area contributed by atoms with Crippen molar-refractivity contribution < 1.29 is 14.3 Å². The number of carbonyl (C=O) groups excluding carboxylic acids is 1. The molecule has 0 bridgehead atoms. The van der Waals surface area contributed by atoms with E-state index in [2.05, 4.69) is 15.2 Å². The van der Waals surface area contributed by atoms with Crippen LogP contribution >= 0.6 is 0 Å². The average molecular weight is 477 g/mol. The second-order valence-corrected chi connectivity index (χ2v) is 11.0. The van der Waals surface area contributed by atoms with Crippen LogP contribution in [-0.4, -0.2) is 39.1 Å². The van der Waals surface area contributed by atoms with E-state index in [1.165, 1.54) is 25.0 Å². The number of carbonyl (C=O) groups is 1. The Morgan fingerprint density at radius 2 is 1.83 bits per heavy atom. The molecule has 1 saturated carbocycles. The molecule has 2 fully saturated rings. The van der Waals surface area contributed by atoms with Gasteiger partial charge in [0.1, 0.15) is 23.4 Å². The smallest absolute Gasteiger partial charge is 0.243 e. The number of hydrogen-bond donors (Lipinski definition) is 2. The molecule has 1 aliphatic carbocycles. The van der Waals surface area contributed by atoms with Gasteiger partial charge in [-0.15, -0.1) is 0 Å². The summed E-state index contributed by atoms with van der Waals surface area (Å²) in [6, 6.07) is 11.0. The minimum absolute atomic E-state index is 0.0335. The molecule has 184 valence electrons. The van der Waals surface area contributed by atoms with E-state index in [-0.39, 0.29) is 23.0 Å².